The van der Waals surface area contributed by atoms with Crippen molar-refractivity contribution in [3.05, 3.63) is 48.5 Å². The number of Topliss-reactive ketones (excluding diaryl/α,β-unsaturated/α-hetero) is 1. The number of rotatable bonds is 2. The molecule has 0 N–H and O–H groups in total. The maximum atomic E-state index is 13.5. The topological polar surface area (TPSA) is 37.4 Å². The molecular weight excluding hydrogens is 344 g/mol. The quantitative estimate of drug-likeness (QED) is 0.763. The second-order valence-electron chi connectivity index (χ2n) is 7.61. The summed E-state index contributed by atoms with van der Waals surface area (Å²) in [5.74, 6) is 0.696. The van der Waals surface area contributed by atoms with E-state index in [1.165, 1.54) is 0 Å². The van der Waals surface area contributed by atoms with Gasteiger partial charge in [-0.25, -0.2) is 0 Å². The van der Waals surface area contributed by atoms with E-state index in [-0.39, 0.29) is 11.8 Å². The summed E-state index contributed by atoms with van der Waals surface area (Å²) < 4.78 is 0.641. The molecule has 1 amide bonds. The Morgan fingerprint density at radius 1 is 1.00 bits per heavy atom. The van der Waals surface area contributed by atoms with Crippen molar-refractivity contribution in [2.75, 3.05) is 31.1 Å². The van der Waals surface area contributed by atoms with Crippen LogP contribution in [0.15, 0.2) is 58.3 Å². The van der Waals surface area contributed by atoms with E-state index < -0.39 is 0 Å². The van der Waals surface area contributed by atoms with Gasteiger partial charge in [0.1, 0.15) is 6.54 Å². The molecule has 4 nitrogen and oxygen atoms in total. The predicted molar refractivity (Wildman–Crippen MR) is 102 cm³/mol. The lowest BCUT2D eigenvalue weighted by atomic mass is 9.84. The van der Waals surface area contributed by atoms with Crippen molar-refractivity contribution in [1.82, 2.24) is 0 Å². The van der Waals surface area contributed by atoms with Crippen LogP contribution in [0.1, 0.15) is 12.8 Å². The summed E-state index contributed by atoms with van der Waals surface area (Å²) in [5, 5.41) is 0. The molecule has 3 saturated heterocycles. The van der Waals surface area contributed by atoms with Crippen LogP contribution in [0.25, 0.3) is 0 Å². The minimum atomic E-state index is 0.0957. The summed E-state index contributed by atoms with van der Waals surface area (Å²) in [7, 11) is 0. The number of benzene rings is 2. The van der Waals surface area contributed by atoms with Gasteiger partial charge in [0, 0.05) is 28.6 Å². The summed E-state index contributed by atoms with van der Waals surface area (Å²) >= 11 is 1.71. The predicted octanol–water partition coefficient (Wildman–Crippen LogP) is 3.63. The summed E-state index contributed by atoms with van der Waals surface area (Å²) in [6, 6.07) is 16.2. The van der Waals surface area contributed by atoms with Crippen LogP contribution >= 0.6 is 11.8 Å². The number of fused-ring (bicyclic) bond motifs is 5. The summed E-state index contributed by atoms with van der Waals surface area (Å²) in [5.41, 5.74) is 1.91. The average molecular weight is 365 g/mol. The molecule has 132 valence electrons. The molecule has 26 heavy (non-hydrogen) atoms. The average Bonchev–Trinajstić information content (AvgIpc) is 2.66. The highest BCUT2D eigenvalue weighted by atomic mass is 32.2. The van der Waals surface area contributed by atoms with Gasteiger partial charge in [-0.05, 0) is 24.3 Å². The zero-order valence-electron chi connectivity index (χ0n) is 14.6. The van der Waals surface area contributed by atoms with Gasteiger partial charge in [-0.2, -0.15) is 0 Å². The monoisotopic (exact) mass is 365 g/mol. The Kier molecular flexibility index (Phi) is 3.69. The third-order valence-corrected chi connectivity index (χ3v) is 7.13. The highest BCUT2D eigenvalue weighted by Crippen LogP contribution is 2.48. The number of amides is 1. The molecule has 0 aromatic heterocycles. The van der Waals surface area contributed by atoms with Crippen LogP contribution in [0.4, 0.5) is 11.4 Å². The van der Waals surface area contributed by atoms with Gasteiger partial charge in [-0.1, -0.05) is 36.0 Å². The Bertz CT molecular complexity index is 857. The lowest BCUT2D eigenvalue weighted by Gasteiger charge is -2.48. The first-order valence-electron chi connectivity index (χ1n) is 9.22. The molecule has 4 heterocycles. The molecule has 6 rings (SSSR count). The fraction of sp³-hybridized carbons (Fsp3) is 0.333. The van der Waals surface area contributed by atoms with Gasteiger partial charge in [-0.15, -0.1) is 0 Å². The number of nitrogens with zero attached hydrogens (tertiary/aromatic N) is 2. The summed E-state index contributed by atoms with van der Waals surface area (Å²) in [6.45, 7) is 2.84. The zero-order chi connectivity index (χ0) is 17.7. The highest BCUT2D eigenvalue weighted by Gasteiger charge is 2.47. The third kappa shape index (κ3) is 2.49. The minimum absolute atomic E-state index is 0.0957. The van der Waals surface area contributed by atoms with Crippen molar-refractivity contribution in [2.45, 2.75) is 22.6 Å². The number of hydrogen-bond donors (Lipinski definition) is 0. The van der Waals surface area contributed by atoms with Gasteiger partial charge in [-0.3, -0.25) is 14.5 Å². The Morgan fingerprint density at radius 2 is 1.58 bits per heavy atom. The smallest absolute Gasteiger partial charge is 0.286 e. The fourth-order valence-electron chi connectivity index (χ4n) is 4.60. The van der Waals surface area contributed by atoms with Crippen LogP contribution in [-0.2, 0) is 9.59 Å². The number of ketones is 1. The van der Waals surface area contributed by atoms with Gasteiger partial charge in [0.25, 0.3) is 5.91 Å². The van der Waals surface area contributed by atoms with E-state index in [1.807, 2.05) is 41.3 Å². The first kappa shape index (κ1) is 16.1. The van der Waals surface area contributed by atoms with E-state index in [0.29, 0.717) is 23.4 Å². The van der Waals surface area contributed by atoms with Crippen LogP contribution in [0.3, 0.4) is 0 Å². The number of piperidine rings is 3. The van der Waals surface area contributed by atoms with Gasteiger partial charge in [0.05, 0.1) is 24.5 Å². The number of quaternary nitrogens is 1. The van der Waals surface area contributed by atoms with Crippen molar-refractivity contribution in [2.24, 2.45) is 5.92 Å². The zero-order valence-corrected chi connectivity index (χ0v) is 15.4. The van der Waals surface area contributed by atoms with Crippen LogP contribution in [0.2, 0.25) is 0 Å². The molecular formula is C21H21N2O2S+. The molecule has 0 spiro atoms. The number of carbonyl (C=O) groups is 2. The van der Waals surface area contributed by atoms with Gasteiger partial charge in [0.15, 0.2) is 12.3 Å². The summed E-state index contributed by atoms with van der Waals surface area (Å²) in [4.78, 5) is 29.8. The lowest BCUT2D eigenvalue weighted by Crippen LogP contribution is -2.64. The molecule has 2 aromatic carbocycles. The SMILES string of the molecule is O=C1C[N+]2(CC(=O)N3c4ccccc4Sc4ccccc43)CCC1CC2. The molecule has 0 saturated carbocycles. The summed E-state index contributed by atoms with van der Waals surface area (Å²) in [6.07, 6.45) is 1.88. The van der Waals surface area contributed by atoms with Crippen LogP contribution in [0.5, 0.6) is 0 Å². The Morgan fingerprint density at radius 3 is 2.15 bits per heavy atom. The molecule has 2 aromatic rings. The molecule has 0 atom stereocenters. The van der Waals surface area contributed by atoms with Crippen LogP contribution in [0, 0.1) is 5.92 Å². The van der Waals surface area contributed by atoms with Crippen molar-refractivity contribution < 1.29 is 14.1 Å². The number of hydrogen-bond acceptors (Lipinski definition) is 3. The number of para-hydroxylation sites is 2. The Labute approximate surface area is 157 Å². The van der Waals surface area contributed by atoms with E-state index >= 15 is 0 Å². The molecule has 2 bridgehead atoms. The maximum Gasteiger partial charge on any atom is 0.286 e. The van der Waals surface area contributed by atoms with Crippen molar-refractivity contribution in [3.8, 4) is 0 Å². The van der Waals surface area contributed by atoms with Gasteiger partial charge < -0.3 is 4.48 Å². The molecule has 3 fully saturated rings. The molecule has 0 radical (unpaired) electrons. The first-order chi connectivity index (χ1) is 12.7. The molecule has 4 aliphatic heterocycles. The third-order valence-electron chi connectivity index (χ3n) is 6.00. The van der Waals surface area contributed by atoms with Gasteiger partial charge in [0.2, 0.25) is 0 Å². The van der Waals surface area contributed by atoms with Crippen molar-refractivity contribution >= 4 is 34.8 Å². The second-order valence-corrected chi connectivity index (χ2v) is 8.70. The van der Waals surface area contributed by atoms with Crippen LogP contribution < -0.4 is 4.90 Å². The van der Waals surface area contributed by atoms with Crippen molar-refractivity contribution in [3.63, 3.8) is 0 Å². The van der Waals surface area contributed by atoms with E-state index in [0.717, 1.165) is 47.1 Å². The molecule has 0 unspecified atom stereocenters. The lowest BCUT2D eigenvalue weighted by molar-refractivity contribution is -0.923. The highest BCUT2D eigenvalue weighted by molar-refractivity contribution is 7.99. The maximum absolute atomic E-state index is 13.5. The standard InChI is InChI=1S/C21H21N2O2S/c24-18-13-23(11-9-15(18)10-12-23)14-21(25)22-16-5-1-3-7-19(16)26-20-8-4-2-6-17(20)22/h1-8,15H,9-14H2/q+1. The van der Waals surface area contributed by atoms with E-state index in [4.69, 9.17) is 0 Å². The second kappa shape index (κ2) is 5.96. The fourth-order valence-corrected chi connectivity index (χ4v) is 5.66. The van der Waals surface area contributed by atoms with Gasteiger partial charge >= 0.3 is 0 Å². The molecule has 5 heteroatoms. The minimum Gasteiger partial charge on any atom is -0.310 e. The Hall–Kier alpha value is -2.11. The van der Waals surface area contributed by atoms with E-state index in [2.05, 4.69) is 12.1 Å². The normalized spacial score (nSPS) is 26.4. The Balaban J connectivity index is 1.51. The number of anilines is 2. The number of carbonyl (C=O) groups excluding carboxylic acids is 2. The molecule has 4 aliphatic rings. The van der Waals surface area contributed by atoms with E-state index in [9.17, 15) is 9.59 Å². The first-order valence-corrected chi connectivity index (χ1v) is 10.0. The largest absolute Gasteiger partial charge is 0.310 e. The van der Waals surface area contributed by atoms with E-state index in [1.54, 1.807) is 11.8 Å². The van der Waals surface area contributed by atoms with Crippen LogP contribution in [-0.4, -0.2) is 42.4 Å². The van der Waals surface area contributed by atoms with Crippen molar-refractivity contribution in [1.29, 1.82) is 0 Å². The molecule has 0 aliphatic carbocycles.